The summed E-state index contributed by atoms with van der Waals surface area (Å²) in [5.74, 6) is 4.45. The fourth-order valence-corrected chi connectivity index (χ4v) is 4.04. The van der Waals surface area contributed by atoms with E-state index in [1.807, 2.05) is 18.3 Å². The number of fused-ring (bicyclic) bond motifs is 1. The highest BCUT2D eigenvalue weighted by Gasteiger charge is 2.19. The molecule has 2 aromatic rings. The van der Waals surface area contributed by atoms with Crippen LogP contribution in [0.4, 0.5) is 0 Å². The molecule has 0 saturated carbocycles. The van der Waals surface area contributed by atoms with Crippen LogP contribution in [0.15, 0.2) is 18.3 Å². The Balaban J connectivity index is 1.87. The van der Waals surface area contributed by atoms with Crippen LogP contribution in [0, 0.1) is 5.92 Å². The van der Waals surface area contributed by atoms with Gasteiger partial charge in [-0.2, -0.15) is 11.8 Å². The lowest BCUT2D eigenvalue weighted by Gasteiger charge is -2.21. The van der Waals surface area contributed by atoms with Gasteiger partial charge in [0, 0.05) is 25.8 Å². The minimum atomic E-state index is 0.214. The van der Waals surface area contributed by atoms with Gasteiger partial charge in [-0.15, -0.1) is 0 Å². The Morgan fingerprint density at radius 2 is 2.20 bits per heavy atom. The van der Waals surface area contributed by atoms with Gasteiger partial charge in [0.25, 0.3) is 0 Å². The van der Waals surface area contributed by atoms with Crippen molar-refractivity contribution < 1.29 is 5.11 Å². The summed E-state index contributed by atoms with van der Waals surface area (Å²) in [4.78, 5) is 9.23. The maximum absolute atomic E-state index is 9.09. The van der Waals surface area contributed by atoms with Gasteiger partial charge in [0.2, 0.25) is 0 Å². The first-order chi connectivity index (χ1) is 9.88. The summed E-state index contributed by atoms with van der Waals surface area (Å²) >= 11 is 2.06. The minimum Gasteiger partial charge on any atom is -0.396 e. The smallest absolute Gasteiger partial charge is 0.159 e. The van der Waals surface area contributed by atoms with E-state index in [9.17, 15) is 0 Å². The van der Waals surface area contributed by atoms with Crippen molar-refractivity contribution in [2.45, 2.75) is 32.2 Å². The van der Waals surface area contributed by atoms with Gasteiger partial charge < -0.3 is 9.67 Å². The highest BCUT2D eigenvalue weighted by atomic mass is 32.2. The standard InChI is InChI=1S/C15H21N3OS/c19-8-2-7-18-14(11-12-4-9-20-10-5-12)17-13-3-1-6-16-15(13)18/h1,3,6,12,19H,2,4-5,7-11H2. The van der Waals surface area contributed by atoms with Crippen LogP contribution in [0.1, 0.15) is 25.1 Å². The summed E-state index contributed by atoms with van der Waals surface area (Å²) < 4.78 is 2.20. The number of rotatable bonds is 5. The number of aliphatic hydroxyl groups is 1. The zero-order valence-electron chi connectivity index (χ0n) is 11.7. The first kappa shape index (κ1) is 13.9. The summed E-state index contributed by atoms with van der Waals surface area (Å²) in [6.07, 6.45) is 6.21. The lowest BCUT2D eigenvalue weighted by atomic mass is 9.98. The average molecular weight is 291 g/mol. The van der Waals surface area contributed by atoms with Crippen LogP contribution in [0.5, 0.6) is 0 Å². The number of aryl methyl sites for hydroxylation is 1. The lowest BCUT2D eigenvalue weighted by molar-refractivity contribution is 0.279. The van der Waals surface area contributed by atoms with Gasteiger partial charge in [0.15, 0.2) is 5.65 Å². The topological polar surface area (TPSA) is 50.9 Å². The van der Waals surface area contributed by atoms with Crippen LogP contribution in [0.2, 0.25) is 0 Å². The number of hydrogen-bond acceptors (Lipinski definition) is 4. The molecular formula is C15H21N3OS. The van der Waals surface area contributed by atoms with E-state index in [1.165, 1.54) is 24.3 Å². The van der Waals surface area contributed by atoms with Crippen molar-refractivity contribution >= 4 is 22.9 Å². The number of pyridine rings is 1. The van der Waals surface area contributed by atoms with Crippen LogP contribution >= 0.6 is 11.8 Å². The molecule has 20 heavy (non-hydrogen) atoms. The SMILES string of the molecule is OCCCn1c(CC2CCSCC2)nc2cccnc21. The van der Waals surface area contributed by atoms with Crippen molar-refractivity contribution in [3.05, 3.63) is 24.2 Å². The molecule has 5 heteroatoms. The van der Waals surface area contributed by atoms with Gasteiger partial charge in [0.05, 0.1) is 0 Å². The van der Waals surface area contributed by atoms with Crippen molar-refractivity contribution in [2.24, 2.45) is 5.92 Å². The van der Waals surface area contributed by atoms with Crippen molar-refractivity contribution in [2.75, 3.05) is 18.1 Å². The Morgan fingerprint density at radius 3 is 3.00 bits per heavy atom. The lowest BCUT2D eigenvalue weighted by Crippen LogP contribution is -2.16. The van der Waals surface area contributed by atoms with E-state index in [0.29, 0.717) is 0 Å². The van der Waals surface area contributed by atoms with Gasteiger partial charge in [0.1, 0.15) is 11.3 Å². The molecule has 0 atom stereocenters. The van der Waals surface area contributed by atoms with Gasteiger partial charge in [-0.3, -0.25) is 0 Å². The number of thioether (sulfide) groups is 1. The molecule has 1 fully saturated rings. The summed E-state index contributed by atoms with van der Waals surface area (Å²) in [6, 6.07) is 3.96. The fraction of sp³-hybridized carbons (Fsp3) is 0.600. The zero-order chi connectivity index (χ0) is 13.8. The van der Waals surface area contributed by atoms with Gasteiger partial charge >= 0.3 is 0 Å². The molecule has 1 N–H and O–H groups in total. The van der Waals surface area contributed by atoms with Crippen LogP contribution in [-0.2, 0) is 13.0 Å². The summed E-state index contributed by atoms with van der Waals surface area (Å²) in [5, 5.41) is 9.09. The predicted octanol–water partition coefficient (Wildman–Crippen LogP) is 2.50. The van der Waals surface area contributed by atoms with Crippen molar-refractivity contribution in [3.63, 3.8) is 0 Å². The van der Waals surface area contributed by atoms with Crippen LogP contribution in [0.3, 0.4) is 0 Å². The highest BCUT2D eigenvalue weighted by molar-refractivity contribution is 7.99. The molecule has 1 saturated heterocycles. The third kappa shape index (κ3) is 2.99. The van der Waals surface area contributed by atoms with E-state index < -0.39 is 0 Å². The second-order valence-corrected chi connectivity index (χ2v) is 6.59. The molecule has 1 aliphatic heterocycles. The van der Waals surface area contributed by atoms with Gasteiger partial charge in [-0.05, 0) is 48.8 Å². The monoisotopic (exact) mass is 291 g/mol. The largest absolute Gasteiger partial charge is 0.396 e. The Morgan fingerprint density at radius 1 is 1.35 bits per heavy atom. The Labute approximate surface area is 123 Å². The normalized spacial score (nSPS) is 16.9. The first-order valence-electron chi connectivity index (χ1n) is 7.37. The molecular weight excluding hydrogens is 270 g/mol. The molecule has 3 heterocycles. The summed E-state index contributed by atoms with van der Waals surface area (Å²) in [5.41, 5.74) is 1.94. The van der Waals surface area contributed by atoms with Crippen LogP contribution < -0.4 is 0 Å². The van der Waals surface area contributed by atoms with E-state index in [0.717, 1.165) is 42.3 Å². The molecule has 0 bridgehead atoms. The van der Waals surface area contributed by atoms with Crippen molar-refractivity contribution in [3.8, 4) is 0 Å². The molecule has 2 aromatic heterocycles. The minimum absolute atomic E-state index is 0.214. The summed E-state index contributed by atoms with van der Waals surface area (Å²) in [7, 11) is 0. The number of nitrogens with zero attached hydrogens (tertiary/aromatic N) is 3. The number of aromatic nitrogens is 3. The number of aliphatic hydroxyl groups excluding tert-OH is 1. The number of hydrogen-bond donors (Lipinski definition) is 1. The molecule has 0 radical (unpaired) electrons. The molecule has 0 unspecified atom stereocenters. The number of imidazole rings is 1. The molecule has 0 aliphatic carbocycles. The first-order valence-corrected chi connectivity index (χ1v) is 8.52. The van der Waals surface area contributed by atoms with Crippen LogP contribution in [-0.4, -0.2) is 37.8 Å². The van der Waals surface area contributed by atoms with E-state index in [4.69, 9.17) is 10.1 Å². The third-order valence-corrected chi connectivity index (χ3v) is 4.98. The summed E-state index contributed by atoms with van der Waals surface area (Å²) in [6.45, 7) is 1.02. The molecule has 108 valence electrons. The molecule has 4 nitrogen and oxygen atoms in total. The van der Waals surface area contributed by atoms with E-state index >= 15 is 0 Å². The molecule has 3 rings (SSSR count). The molecule has 0 aromatic carbocycles. The Bertz CT molecular complexity index is 563. The van der Waals surface area contributed by atoms with Crippen molar-refractivity contribution in [1.29, 1.82) is 0 Å². The molecule has 0 spiro atoms. The molecule has 0 amide bonds. The second kappa shape index (κ2) is 6.59. The van der Waals surface area contributed by atoms with Crippen molar-refractivity contribution in [1.82, 2.24) is 14.5 Å². The maximum atomic E-state index is 9.09. The Kier molecular flexibility index (Phi) is 4.58. The second-order valence-electron chi connectivity index (χ2n) is 5.36. The van der Waals surface area contributed by atoms with E-state index in [-0.39, 0.29) is 6.61 Å². The fourth-order valence-electron chi connectivity index (χ4n) is 2.83. The maximum Gasteiger partial charge on any atom is 0.159 e. The van der Waals surface area contributed by atoms with Gasteiger partial charge in [-0.25, -0.2) is 9.97 Å². The quantitative estimate of drug-likeness (QED) is 0.919. The van der Waals surface area contributed by atoms with Gasteiger partial charge in [-0.1, -0.05) is 0 Å². The zero-order valence-corrected chi connectivity index (χ0v) is 12.5. The highest BCUT2D eigenvalue weighted by Crippen LogP contribution is 2.26. The Hall–Kier alpha value is -1.07. The molecule has 1 aliphatic rings. The third-order valence-electron chi connectivity index (χ3n) is 3.93. The van der Waals surface area contributed by atoms with Crippen LogP contribution in [0.25, 0.3) is 11.2 Å². The average Bonchev–Trinajstić information content (AvgIpc) is 2.83. The predicted molar refractivity (Wildman–Crippen MR) is 83.0 cm³/mol. The van der Waals surface area contributed by atoms with E-state index in [2.05, 4.69) is 21.3 Å². The van der Waals surface area contributed by atoms with E-state index in [1.54, 1.807) is 0 Å².